The molecule has 0 aliphatic heterocycles. The lowest BCUT2D eigenvalue weighted by Gasteiger charge is -2.28. The van der Waals surface area contributed by atoms with Crippen LogP contribution in [-0.4, -0.2) is 19.0 Å². The molecule has 2 bridgehead atoms. The molecule has 0 unspecified atom stereocenters. The molecule has 0 saturated heterocycles. The minimum absolute atomic E-state index is 0.290. The van der Waals surface area contributed by atoms with Crippen molar-refractivity contribution in [2.75, 3.05) is 7.11 Å². The van der Waals surface area contributed by atoms with Gasteiger partial charge in [-0.05, 0) is 43.9 Å². The molecule has 3 rings (SSSR count). The van der Waals surface area contributed by atoms with E-state index in [4.69, 9.17) is 9.15 Å². The van der Waals surface area contributed by atoms with Gasteiger partial charge < -0.3 is 13.9 Å². The van der Waals surface area contributed by atoms with E-state index in [-0.39, 0.29) is 5.57 Å². The lowest BCUT2D eigenvalue weighted by molar-refractivity contribution is -0.158. The Bertz CT molecular complexity index is 690. The van der Waals surface area contributed by atoms with Gasteiger partial charge in [0.05, 0.1) is 7.11 Å². The summed E-state index contributed by atoms with van der Waals surface area (Å²) < 4.78 is 15.7. The monoisotopic (exact) mass is 288 g/mol. The van der Waals surface area contributed by atoms with Crippen LogP contribution >= 0.6 is 0 Å². The predicted molar refractivity (Wildman–Crippen MR) is 74.8 cm³/mol. The molecule has 1 fully saturated rings. The molecule has 21 heavy (non-hydrogen) atoms. The van der Waals surface area contributed by atoms with Crippen molar-refractivity contribution in [1.29, 1.82) is 0 Å². The number of esters is 2. The topological polar surface area (TPSA) is 65.7 Å². The van der Waals surface area contributed by atoms with Crippen LogP contribution in [0.3, 0.4) is 0 Å². The van der Waals surface area contributed by atoms with Crippen LogP contribution in [-0.2, 0) is 24.7 Å². The standard InChI is InChI=1S/C16H16O5/c1-10(14(17)19-2)15(18)21-16(7-3-4-8-16)12-9-11-5-6-13(12)20-11/h5-6,9H,1,3-4,7-8H2,2H3. The van der Waals surface area contributed by atoms with E-state index >= 15 is 0 Å². The number of benzene rings is 1. The molecule has 0 atom stereocenters. The fraction of sp³-hybridized carbons (Fsp3) is 0.375. The van der Waals surface area contributed by atoms with Crippen molar-refractivity contribution in [3.8, 4) is 0 Å². The fourth-order valence-corrected chi connectivity index (χ4v) is 2.96. The summed E-state index contributed by atoms with van der Waals surface area (Å²) in [7, 11) is 1.20. The van der Waals surface area contributed by atoms with Crippen molar-refractivity contribution in [3.05, 3.63) is 35.9 Å². The van der Waals surface area contributed by atoms with Gasteiger partial charge in [-0.2, -0.15) is 0 Å². The molecule has 1 aliphatic rings. The minimum atomic E-state index is -0.770. The van der Waals surface area contributed by atoms with Crippen molar-refractivity contribution in [3.63, 3.8) is 0 Å². The SMILES string of the molecule is C=C(C(=O)OC)C(=O)OC1(c2cc3ccc2o3)CCCC1. The lowest BCUT2D eigenvalue weighted by Crippen LogP contribution is -2.31. The van der Waals surface area contributed by atoms with Gasteiger partial charge in [-0.25, -0.2) is 9.59 Å². The first kappa shape index (κ1) is 13.7. The van der Waals surface area contributed by atoms with E-state index < -0.39 is 17.5 Å². The van der Waals surface area contributed by atoms with Gasteiger partial charge in [-0.15, -0.1) is 0 Å². The Kier molecular flexibility index (Phi) is 3.20. The molecule has 0 aromatic carbocycles. The van der Waals surface area contributed by atoms with Crippen LogP contribution < -0.4 is 0 Å². The lowest BCUT2D eigenvalue weighted by atomic mass is 9.91. The largest absolute Gasteiger partial charge is 0.465 e. The third kappa shape index (κ3) is 2.18. The highest BCUT2D eigenvalue weighted by Crippen LogP contribution is 2.46. The van der Waals surface area contributed by atoms with E-state index in [1.165, 1.54) is 7.11 Å². The summed E-state index contributed by atoms with van der Waals surface area (Å²) >= 11 is 0. The second-order valence-electron chi connectivity index (χ2n) is 5.32. The normalized spacial score (nSPS) is 17.0. The Labute approximate surface area is 121 Å². The zero-order valence-corrected chi connectivity index (χ0v) is 11.8. The molecule has 0 radical (unpaired) electrons. The number of furan rings is 2. The Morgan fingerprint density at radius 3 is 2.48 bits per heavy atom. The molecule has 1 saturated carbocycles. The summed E-state index contributed by atoms with van der Waals surface area (Å²) in [6.45, 7) is 3.45. The first-order valence-corrected chi connectivity index (χ1v) is 6.89. The summed E-state index contributed by atoms with van der Waals surface area (Å²) in [6, 6.07) is 5.64. The van der Waals surface area contributed by atoms with Gasteiger partial charge in [0.2, 0.25) is 0 Å². The van der Waals surface area contributed by atoms with Crippen LogP contribution in [0.5, 0.6) is 0 Å². The quantitative estimate of drug-likeness (QED) is 0.374. The van der Waals surface area contributed by atoms with E-state index in [0.717, 1.165) is 29.6 Å². The minimum Gasteiger partial charge on any atom is -0.465 e. The number of carbonyl (C=O) groups is 2. The zero-order valence-electron chi connectivity index (χ0n) is 11.8. The van der Waals surface area contributed by atoms with Gasteiger partial charge in [0.1, 0.15) is 22.3 Å². The molecule has 0 amide bonds. The predicted octanol–water partition coefficient (Wildman–Crippen LogP) is 2.91. The van der Waals surface area contributed by atoms with Gasteiger partial charge in [0.15, 0.2) is 0 Å². The Morgan fingerprint density at radius 2 is 1.95 bits per heavy atom. The highest BCUT2D eigenvalue weighted by atomic mass is 16.6. The average molecular weight is 288 g/mol. The molecular weight excluding hydrogens is 272 g/mol. The number of rotatable bonds is 4. The van der Waals surface area contributed by atoms with Crippen LogP contribution in [0.4, 0.5) is 0 Å². The van der Waals surface area contributed by atoms with Crippen LogP contribution in [0.15, 0.2) is 34.8 Å². The second kappa shape index (κ2) is 4.91. The second-order valence-corrected chi connectivity index (χ2v) is 5.32. The summed E-state index contributed by atoms with van der Waals surface area (Å²) in [5, 5.41) is 0. The van der Waals surface area contributed by atoms with E-state index in [1.807, 2.05) is 18.2 Å². The molecule has 1 aliphatic carbocycles. The third-order valence-corrected chi connectivity index (χ3v) is 4.05. The van der Waals surface area contributed by atoms with Gasteiger partial charge in [0, 0.05) is 5.56 Å². The first-order chi connectivity index (χ1) is 10.1. The molecule has 110 valence electrons. The number of hydrogen-bond acceptors (Lipinski definition) is 5. The number of ether oxygens (including phenoxy) is 2. The summed E-state index contributed by atoms with van der Waals surface area (Å²) in [4.78, 5) is 23.5. The number of fused-ring (bicyclic) bond motifs is 2. The van der Waals surface area contributed by atoms with Crippen LogP contribution in [0.25, 0.3) is 11.2 Å². The van der Waals surface area contributed by atoms with E-state index in [1.54, 1.807) is 0 Å². The Morgan fingerprint density at radius 1 is 1.24 bits per heavy atom. The molecular formula is C16H16O5. The smallest absolute Gasteiger partial charge is 0.345 e. The molecule has 5 heteroatoms. The van der Waals surface area contributed by atoms with E-state index in [0.29, 0.717) is 12.8 Å². The summed E-state index contributed by atoms with van der Waals surface area (Å²) in [5.41, 5.74) is 1.35. The summed E-state index contributed by atoms with van der Waals surface area (Å²) in [6.07, 6.45) is 3.35. The molecule has 5 nitrogen and oxygen atoms in total. The molecule has 2 aromatic heterocycles. The van der Waals surface area contributed by atoms with Crippen molar-refractivity contribution >= 4 is 23.1 Å². The molecule has 2 heterocycles. The van der Waals surface area contributed by atoms with Gasteiger partial charge in [-0.1, -0.05) is 6.58 Å². The van der Waals surface area contributed by atoms with Gasteiger partial charge in [-0.3, -0.25) is 0 Å². The molecule has 0 N–H and O–H groups in total. The Hall–Kier alpha value is -2.30. The highest BCUT2D eigenvalue weighted by Gasteiger charge is 2.43. The number of methoxy groups -OCH3 is 1. The molecule has 2 aromatic rings. The zero-order chi connectivity index (χ0) is 15.0. The van der Waals surface area contributed by atoms with Crippen LogP contribution in [0, 0.1) is 0 Å². The maximum atomic E-state index is 12.1. The van der Waals surface area contributed by atoms with Crippen molar-refractivity contribution < 1.29 is 23.5 Å². The Balaban J connectivity index is 1.88. The fourth-order valence-electron chi connectivity index (χ4n) is 2.96. The number of hydrogen-bond donors (Lipinski definition) is 0. The first-order valence-electron chi connectivity index (χ1n) is 6.89. The highest BCUT2D eigenvalue weighted by molar-refractivity contribution is 6.13. The van der Waals surface area contributed by atoms with Crippen LogP contribution in [0.2, 0.25) is 0 Å². The number of carbonyl (C=O) groups excluding carboxylic acids is 2. The third-order valence-electron chi connectivity index (χ3n) is 4.05. The van der Waals surface area contributed by atoms with Gasteiger partial charge in [0.25, 0.3) is 0 Å². The van der Waals surface area contributed by atoms with Crippen LogP contribution in [0.1, 0.15) is 31.2 Å². The van der Waals surface area contributed by atoms with Crippen molar-refractivity contribution in [2.24, 2.45) is 0 Å². The average Bonchev–Trinajstić information content (AvgIpc) is 3.21. The van der Waals surface area contributed by atoms with Crippen molar-refractivity contribution in [1.82, 2.24) is 0 Å². The van der Waals surface area contributed by atoms with Crippen molar-refractivity contribution in [2.45, 2.75) is 31.3 Å². The van der Waals surface area contributed by atoms with Gasteiger partial charge >= 0.3 is 11.9 Å². The summed E-state index contributed by atoms with van der Waals surface area (Å²) in [5.74, 6) is -1.50. The van der Waals surface area contributed by atoms with E-state index in [2.05, 4.69) is 11.3 Å². The maximum Gasteiger partial charge on any atom is 0.345 e. The molecule has 0 spiro atoms. The maximum absolute atomic E-state index is 12.1. The van der Waals surface area contributed by atoms with E-state index in [9.17, 15) is 9.59 Å².